The molecule has 3 rings (SSSR count). The molecule has 0 amide bonds. The number of rotatable bonds is 3. The Morgan fingerprint density at radius 3 is 2.12 bits per heavy atom. The van der Waals surface area contributed by atoms with Crippen molar-refractivity contribution in [2.24, 2.45) is 0 Å². The van der Waals surface area contributed by atoms with Gasteiger partial charge in [0.2, 0.25) is 0 Å². The molecule has 0 aliphatic carbocycles. The number of hydrogen-bond acceptors (Lipinski definition) is 4. The van der Waals surface area contributed by atoms with Crippen LogP contribution in [0.4, 0.5) is 13.2 Å². The molecule has 1 aromatic heterocycles. The fraction of sp³-hybridized carbons (Fsp3) is 0.0625. The lowest BCUT2D eigenvalue weighted by molar-refractivity contribution is -0.0500. The lowest BCUT2D eigenvalue weighted by Crippen LogP contribution is -2.28. The molecule has 1 heterocycles. The first-order valence-electron chi connectivity index (χ1n) is 6.71. The van der Waals surface area contributed by atoms with Crippen molar-refractivity contribution in [2.75, 3.05) is 0 Å². The molecule has 0 aliphatic rings. The Labute approximate surface area is 135 Å². The largest absolute Gasteiger partial charge is 0.534 e. The minimum atomic E-state index is -5.68. The van der Waals surface area contributed by atoms with E-state index in [9.17, 15) is 21.6 Å². The summed E-state index contributed by atoms with van der Waals surface area (Å²) < 4.78 is 63.3. The van der Waals surface area contributed by atoms with Crippen molar-refractivity contribution in [2.45, 2.75) is 5.51 Å². The van der Waals surface area contributed by atoms with Crippen molar-refractivity contribution in [3.63, 3.8) is 0 Å². The summed E-state index contributed by atoms with van der Waals surface area (Å²) in [5, 5.41) is 1.30. The van der Waals surface area contributed by atoms with Crippen LogP contribution in [-0.2, 0) is 10.1 Å². The number of fused-ring (bicyclic) bond motifs is 1. The lowest BCUT2D eigenvalue weighted by Gasteiger charge is -2.10. The van der Waals surface area contributed by atoms with Crippen LogP contribution in [0.15, 0.2) is 60.9 Å². The molecule has 3 aromatic rings. The molecule has 0 radical (unpaired) electrons. The summed E-state index contributed by atoms with van der Waals surface area (Å²) in [6.07, 6.45) is 3.30. The van der Waals surface area contributed by atoms with Crippen molar-refractivity contribution in [3.05, 3.63) is 60.9 Å². The van der Waals surface area contributed by atoms with Gasteiger partial charge in [0, 0.05) is 12.4 Å². The Morgan fingerprint density at radius 1 is 0.833 bits per heavy atom. The van der Waals surface area contributed by atoms with Gasteiger partial charge in [0.15, 0.2) is 0 Å². The normalized spacial score (nSPS) is 12.3. The number of hydrogen-bond donors (Lipinski definition) is 0. The fourth-order valence-electron chi connectivity index (χ4n) is 2.17. The number of alkyl halides is 3. The minimum Gasteiger partial charge on any atom is -0.376 e. The van der Waals surface area contributed by atoms with Crippen LogP contribution in [0.1, 0.15) is 0 Å². The molecule has 8 heteroatoms. The van der Waals surface area contributed by atoms with Crippen molar-refractivity contribution in [1.82, 2.24) is 4.98 Å². The summed E-state index contributed by atoms with van der Waals surface area (Å²) in [7, 11) is -5.68. The van der Waals surface area contributed by atoms with Gasteiger partial charge in [0.05, 0.1) is 0 Å². The van der Waals surface area contributed by atoms with Crippen LogP contribution in [0.25, 0.3) is 21.9 Å². The smallest absolute Gasteiger partial charge is 0.376 e. The Balaban J connectivity index is 1.96. The molecule has 0 aliphatic heterocycles. The molecule has 0 atom stereocenters. The van der Waals surface area contributed by atoms with Gasteiger partial charge in [-0.3, -0.25) is 4.98 Å². The summed E-state index contributed by atoms with van der Waals surface area (Å²) in [5.41, 5.74) is -3.62. The Bertz CT molecular complexity index is 986. The van der Waals surface area contributed by atoms with Crippen LogP contribution in [0.2, 0.25) is 0 Å². The summed E-state index contributed by atoms with van der Waals surface area (Å²) in [4.78, 5) is 3.93. The third-order valence-electron chi connectivity index (χ3n) is 3.31. The zero-order valence-electron chi connectivity index (χ0n) is 12.0. The summed E-state index contributed by atoms with van der Waals surface area (Å²) >= 11 is 0. The van der Waals surface area contributed by atoms with Crippen LogP contribution in [0.5, 0.6) is 5.75 Å². The highest BCUT2D eigenvalue weighted by molar-refractivity contribution is 7.88. The van der Waals surface area contributed by atoms with Gasteiger partial charge in [-0.1, -0.05) is 18.2 Å². The number of benzene rings is 2. The molecule has 2 aromatic carbocycles. The second-order valence-corrected chi connectivity index (χ2v) is 6.48. The van der Waals surface area contributed by atoms with E-state index in [2.05, 4.69) is 9.17 Å². The minimum absolute atomic E-state index is 0.392. The van der Waals surface area contributed by atoms with Crippen LogP contribution in [-0.4, -0.2) is 18.9 Å². The molecule has 0 bridgehead atoms. The molecule has 124 valence electrons. The summed E-state index contributed by atoms with van der Waals surface area (Å²) in [6, 6.07) is 12.9. The van der Waals surface area contributed by atoms with Crippen LogP contribution >= 0.6 is 0 Å². The average Bonchev–Trinajstić information content (AvgIpc) is 2.54. The average molecular weight is 353 g/mol. The molecule has 0 unspecified atom stereocenters. The maximum atomic E-state index is 12.4. The Hall–Kier alpha value is -2.61. The van der Waals surface area contributed by atoms with Gasteiger partial charge < -0.3 is 4.18 Å². The van der Waals surface area contributed by atoms with Crippen molar-refractivity contribution >= 4 is 20.9 Å². The van der Waals surface area contributed by atoms with Gasteiger partial charge >= 0.3 is 15.6 Å². The van der Waals surface area contributed by atoms with E-state index in [1.54, 1.807) is 24.5 Å². The first-order valence-corrected chi connectivity index (χ1v) is 8.12. The molecule has 4 nitrogen and oxygen atoms in total. The maximum absolute atomic E-state index is 12.4. The van der Waals surface area contributed by atoms with E-state index in [4.69, 9.17) is 0 Å². The molecular weight excluding hydrogens is 343 g/mol. The quantitative estimate of drug-likeness (QED) is 0.525. The molecule has 24 heavy (non-hydrogen) atoms. The second-order valence-electron chi connectivity index (χ2n) is 4.94. The molecule has 0 N–H and O–H groups in total. The van der Waals surface area contributed by atoms with Crippen LogP contribution in [0.3, 0.4) is 0 Å². The first kappa shape index (κ1) is 16.3. The van der Waals surface area contributed by atoms with E-state index in [1.807, 2.05) is 18.2 Å². The topological polar surface area (TPSA) is 56.3 Å². The van der Waals surface area contributed by atoms with Crippen molar-refractivity contribution < 1.29 is 25.8 Å². The van der Waals surface area contributed by atoms with Gasteiger partial charge in [-0.05, 0) is 52.2 Å². The molecule has 0 spiro atoms. The van der Waals surface area contributed by atoms with E-state index in [-0.39, 0.29) is 0 Å². The van der Waals surface area contributed by atoms with E-state index in [0.29, 0.717) is 5.39 Å². The summed E-state index contributed by atoms with van der Waals surface area (Å²) in [5.74, 6) is -0.392. The number of aromatic nitrogens is 1. The summed E-state index contributed by atoms with van der Waals surface area (Å²) in [6.45, 7) is 0. The molecule has 0 saturated carbocycles. The second kappa shape index (κ2) is 5.79. The zero-order valence-corrected chi connectivity index (χ0v) is 12.8. The van der Waals surface area contributed by atoms with Crippen molar-refractivity contribution in [3.8, 4) is 16.9 Å². The molecule has 0 saturated heterocycles. The Kier molecular flexibility index (Phi) is 3.92. The predicted octanol–water partition coefficient (Wildman–Crippen LogP) is 4.13. The standard InChI is InChI=1S/C16H10F3NO3S/c17-16(18,19)24(21,22)23-15-4-3-13-9-12(1-2-14(13)10-15)11-5-7-20-8-6-11/h1-10H. The Morgan fingerprint density at radius 2 is 1.46 bits per heavy atom. The molecular formula is C16H10F3NO3S. The van der Waals surface area contributed by atoms with E-state index in [0.717, 1.165) is 16.5 Å². The van der Waals surface area contributed by atoms with Gasteiger partial charge in [-0.15, -0.1) is 0 Å². The van der Waals surface area contributed by atoms with Crippen molar-refractivity contribution in [1.29, 1.82) is 0 Å². The fourth-order valence-corrected chi connectivity index (χ4v) is 2.63. The van der Waals surface area contributed by atoms with Crippen LogP contribution in [0, 0.1) is 0 Å². The van der Waals surface area contributed by atoms with Gasteiger partial charge in [-0.25, -0.2) is 0 Å². The predicted molar refractivity (Wildman–Crippen MR) is 82.8 cm³/mol. The highest BCUT2D eigenvalue weighted by Gasteiger charge is 2.48. The number of halogens is 3. The number of nitrogens with zero attached hydrogens (tertiary/aromatic N) is 1. The lowest BCUT2D eigenvalue weighted by atomic mass is 10.0. The van der Waals surface area contributed by atoms with E-state index >= 15 is 0 Å². The third kappa shape index (κ3) is 3.18. The highest BCUT2D eigenvalue weighted by atomic mass is 32.2. The van der Waals surface area contributed by atoms with Crippen LogP contribution < -0.4 is 4.18 Å². The van der Waals surface area contributed by atoms with Gasteiger partial charge in [0.25, 0.3) is 0 Å². The monoisotopic (exact) mass is 353 g/mol. The zero-order chi connectivity index (χ0) is 17.4. The molecule has 0 fully saturated rings. The maximum Gasteiger partial charge on any atom is 0.534 e. The van der Waals surface area contributed by atoms with E-state index < -0.39 is 21.4 Å². The third-order valence-corrected chi connectivity index (χ3v) is 4.29. The van der Waals surface area contributed by atoms with Gasteiger partial charge in [-0.2, -0.15) is 21.6 Å². The van der Waals surface area contributed by atoms with Gasteiger partial charge in [0.1, 0.15) is 5.75 Å². The number of pyridine rings is 1. The SMILES string of the molecule is O=S(=O)(Oc1ccc2cc(-c3ccncc3)ccc2c1)C(F)(F)F. The highest BCUT2D eigenvalue weighted by Crippen LogP contribution is 2.30. The first-order chi connectivity index (χ1) is 11.3. The van der Waals surface area contributed by atoms with E-state index in [1.165, 1.54) is 18.2 Å².